The molecule has 3 nitrogen and oxygen atoms in total. The van der Waals surface area contributed by atoms with Gasteiger partial charge in [0.05, 0.1) is 0 Å². The van der Waals surface area contributed by atoms with E-state index in [-0.39, 0.29) is 6.61 Å². The first-order chi connectivity index (χ1) is 6.22. The topological polar surface area (TPSA) is 35.5 Å². The fourth-order valence-electron chi connectivity index (χ4n) is 1.98. The second kappa shape index (κ2) is 5.58. The first-order valence-corrected chi connectivity index (χ1v) is 5.28. The van der Waals surface area contributed by atoms with Gasteiger partial charge < -0.3 is 15.3 Å². The van der Waals surface area contributed by atoms with Gasteiger partial charge in [-0.15, -0.1) is 0 Å². The number of likely N-dealkylation sites (tertiary alicyclic amines) is 1. The minimum atomic E-state index is 0.288. The Balaban J connectivity index is 2.19. The summed E-state index contributed by atoms with van der Waals surface area (Å²) in [6.45, 7) is 4.81. The van der Waals surface area contributed by atoms with Gasteiger partial charge in [-0.2, -0.15) is 0 Å². The zero-order valence-corrected chi connectivity index (χ0v) is 8.79. The summed E-state index contributed by atoms with van der Waals surface area (Å²) in [5, 5.41) is 12.3. The maximum atomic E-state index is 8.77. The van der Waals surface area contributed by atoms with Crippen molar-refractivity contribution in [2.24, 2.45) is 0 Å². The molecule has 1 saturated heterocycles. The summed E-state index contributed by atoms with van der Waals surface area (Å²) in [5.74, 6) is 0. The average Bonchev–Trinajstić information content (AvgIpc) is 2.04. The zero-order valence-electron chi connectivity index (χ0n) is 8.79. The van der Waals surface area contributed by atoms with E-state index < -0.39 is 0 Å². The molecule has 0 bridgehead atoms. The van der Waals surface area contributed by atoms with E-state index in [9.17, 15) is 0 Å². The molecule has 1 aliphatic rings. The maximum Gasteiger partial charge on any atom is 0.0445 e. The summed E-state index contributed by atoms with van der Waals surface area (Å²) in [6.07, 6.45) is 3.43. The Morgan fingerprint density at radius 1 is 1.62 bits per heavy atom. The molecule has 0 aromatic rings. The lowest BCUT2D eigenvalue weighted by molar-refractivity contribution is 0.205. The van der Waals surface area contributed by atoms with Crippen LogP contribution in [0, 0.1) is 0 Å². The molecule has 1 rings (SSSR count). The van der Waals surface area contributed by atoms with Crippen molar-refractivity contribution in [1.82, 2.24) is 10.2 Å². The van der Waals surface area contributed by atoms with Crippen molar-refractivity contribution in [2.45, 2.75) is 38.3 Å². The molecular formula is C10H22N2O. The van der Waals surface area contributed by atoms with Gasteiger partial charge in [0.1, 0.15) is 0 Å². The van der Waals surface area contributed by atoms with E-state index in [1.165, 1.54) is 19.4 Å². The highest BCUT2D eigenvalue weighted by Gasteiger charge is 2.17. The van der Waals surface area contributed by atoms with E-state index in [0.717, 1.165) is 13.0 Å². The van der Waals surface area contributed by atoms with Crippen molar-refractivity contribution in [3.05, 3.63) is 0 Å². The molecule has 2 N–H and O–H groups in total. The third-order valence-corrected chi connectivity index (χ3v) is 2.71. The van der Waals surface area contributed by atoms with E-state index in [1.807, 2.05) is 0 Å². The highest BCUT2D eigenvalue weighted by atomic mass is 16.3. The van der Waals surface area contributed by atoms with Crippen molar-refractivity contribution < 1.29 is 5.11 Å². The van der Waals surface area contributed by atoms with Crippen LogP contribution in [0.5, 0.6) is 0 Å². The lowest BCUT2D eigenvalue weighted by Crippen LogP contribution is -2.47. The molecule has 0 saturated carbocycles. The molecule has 2 atom stereocenters. The van der Waals surface area contributed by atoms with Crippen molar-refractivity contribution in [2.75, 3.05) is 26.7 Å². The molecule has 0 radical (unpaired) electrons. The van der Waals surface area contributed by atoms with Gasteiger partial charge in [-0.05, 0) is 39.8 Å². The molecule has 1 fully saturated rings. The standard InChI is InChI=1S/C10H22N2O/c1-9(5-7-13)11-10-4-3-6-12(2)8-10/h9-11,13H,3-8H2,1-2H3. The van der Waals surface area contributed by atoms with Crippen molar-refractivity contribution in [3.8, 4) is 0 Å². The number of hydrogen-bond donors (Lipinski definition) is 2. The second-order valence-corrected chi connectivity index (χ2v) is 4.18. The largest absolute Gasteiger partial charge is 0.396 e. The third kappa shape index (κ3) is 4.07. The summed E-state index contributed by atoms with van der Waals surface area (Å²) in [7, 11) is 2.17. The number of nitrogens with zero attached hydrogens (tertiary/aromatic N) is 1. The number of piperidine rings is 1. The van der Waals surface area contributed by atoms with Gasteiger partial charge in [0.2, 0.25) is 0 Å². The molecule has 2 unspecified atom stereocenters. The Bertz CT molecular complexity index is 141. The number of nitrogens with one attached hydrogen (secondary N) is 1. The van der Waals surface area contributed by atoms with Gasteiger partial charge >= 0.3 is 0 Å². The Morgan fingerprint density at radius 3 is 3.00 bits per heavy atom. The van der Waals surface area contributed by atoms with Crippen LogP contribution in [0.4, 0.5) is 0 Å². The number of aliphatic hydroxyl groups excluding tert-OH is 1. The van der Waals surface area contributed by atoms with Crippen LogP contribution in [0.15, 0.2) is 0 Å². The van der Waals surface area contributed by atoms with Gasteiger partial charge in [0.15, 0.2) is 0 Å². The highest BCUT2D eigenvalue weighted by Crippen LogP contribution is 2.08. The predicted molar refractivity (Wildman–Crippen MR) is 54.8 cm³/mol. The number of likely N-dealkylation sites (N-methyl/N-ethyl adjacent to an activating group) is 1. The summed E-state index contributed by atoms with van der Waals surface area (Å²) >= 11 is 0. The quantitative estimate of drug-likeness (QED) is 0.669. The Morgan fingerprint density at radius 2 is 2.38 bits per heavy atom. The van der Waals surface area contributed by atoms with Gasteiger partial charge in [0, 0.05) is 25.2 Å². The first-order valence-electron chi connectivity index (χ1n) is 5.28. The molecule has 3 heteroatoms. The number of rotatable bonds is 4. The molecule has 0 amide bonds. The van der Waals surface area contributed by atoms with Crippen molar-refractivity contribution in [3.63, 3.8) is 0 Å². The van der Waals surface area contributed by atoms with E-state index in [4.69, 9.17) is 5.11 Å². The molecule has 78 valence electrons. The number of aliphatic hydroxyl groups is 1. The van der Waals surface area contributed by atoms with Crippen LogP contribution in [0.3, 0.4) is 0 Å². The molecule has 1 aliphatic heterocycles. The van der Waals surface area contributed by atoms with Gasteiger partial charge in [-0.1, -0.05) is 0 Å². The molecule has 13 heavy (non-hydrogen) atoms. The van der Waals surface area contributed by atoms with E-state index in [0.29, 0.717) is 12.1 Å². The lowest BCUT2D eigenvalue weighted by atomic mass is 10.0. The van der Waals surface area contributed by atoms with Crippen molar-refractivity contribution >= 4 is 0 Å². The summed E-state index contributed by atoms with van der Waals surface area (Å²) < 4.78 is 0. The molecular weight excluding hydrogens is 164 g/mol. The molecule has 0 aromatic heterocycles. The first kappa shape index (κ1) is 11.0. The molecule has 0 aromatic carbocycles. The van der Waals surface area contributed by atoms with Crippen LogP contribution in [0.2, 0.25) is 0 Å². The van der Waals surface area contributed by atoms with Crippen molar-refractivity contribution in [1.29, 1.82) is 0 Å². The summed E-state index contributed by atoms with van der Waals surface area (Å²) in [6, 6.07) is 1.07. The molecule has 1 heterocycles. The van der Waals surface area contributed by atoms with Crippen LogP contribution >= 0.6 is 0 Å². The van der Waals surface area contributed by atoms with E-state index >= 15 is 0 Å². The van der Waals surface area contributed by atoms with E-state index in [2.05, 4.69) is 24.2 Å². The predicted octanol–water partition coefficient (Wildman–Crippen LogP) is 0.441. The number of hydrogen-bond acceptors (Lipinski definition) is 3. The third-order valence-electron chi connectivity index (χ3n) is 2.71. The van der Waals surface area contributed by atoms with Gasteiger partial charge in [-0.25, -0.2) is 0 Å². The van der Waals surface area contributed by atoms with Crippen LogP contribution in [0.1, 0.15) is 26.2 Å². The fraction of sp³-hybridized carbons (Fsp3) is 1.00. The highest BCUT2D eigenvalue weighted by molar-refractivity contribution is 4.78. The minimum Gasteiger partial charge on any atom is -0.396 e. The lowest BCUT2D eigenvalue weighted by Gasteiger charge is -2.32. The van der Waals surface area contributed by atoms with Crippen LogP contribution in [-0.2, 0) is 0 Å². The van der Waals surface area contributed by atoms with Crippen LogP contribution in [0.25, 0.3) is 0 Å². The van der Waals surface area contributed by atoms with Gasteiger partial charge in [0.25, 0.3) is 0 Å². The van der Waals surface area contributed by atoms with Gasteiger partial charge in [-0.3, -0.25) is 0 Å². The SMILES string of the molecule is CC(CCO)NC1CCCN(C)C1. The Kier molecular flexibility index (Phi) is 4.70. The maximum absolute atomic E-state index is 8.77. The average molecular weight is 186 g/mol. The van der Waals surface area contributed by atoms with Crippen LogP contribution < -0.4 is 5.32 Å². The smallest absolute Gasteiger partial charge is 0.0445 e. The monoisotopic (exact) mass is 186 g/mol. The Labute approximate surface area is 81.1 Å². The molecule has 0 spiro atoms. The van der Waals surface area contributed by atoms with E-state index in [1.54, 1.807) is 0 Å². The minimum absolute atomic E-state index is 0.288. The Hall–Kier alpha value is -0.120. The second-order valence-electron chi connectivity index (χ2n) is 4.18. The summed E-state index contributed by atoms with van der Waals surface area (Å²) in [5.41, 5.74) is 0. The van der Waals surface area contributed by atoms with Crippen LogP contribution in [-0.4, -0.2) is 48.8 Å². The fourth-order valence-corrected chi connectivity index (χ4v) is 1.98. The normalized spacial score (nSPS) is 27.5. The summed E-state index contributed by atoms with van der Waals surface area (Å²) in [4.78, 5) is 2.37. The zero-order chi connectivity index (χ0) is 9.68. The molecule has 0 aliphatic carbocycles.